The van der Waals surface area contributed by atoms with Crippen molar-refractivity contribution in [2.24, 2.45) is 5.10 Å². The van der Waals surface area contributed by atoms with Gasteiger partial charge < -0.3 is 4.57 Å². The fraction of sp³-hybridized carbons (Fsp3) is 0.0556. The number of aryl methyl sites for hydroxylation is 1. The lowest BCUT2D eigenvalue weighted by molar-refractivity contribution is 0.0955. The van der Waals surface area contributed by atoms with Crippen molar-refractivity contribution in [2.75, 3.05) is 0 Å². The molecule has 2 aromatic heterocycles. The summed E-state index contributed by atoms with van der Waals surface area (Å²) in [4.78, 5) is 15.8. The molecule has 5 heteroatoms. The number of hydrazone groups is 1. The van der Waals surface area contributed by atoms with Crippen LogP contribution in [-0.4, -0.2) is 21.7 Å². The van der Waals surface area contributed by atoms with Gasteiger partial charge in [0.05, 0.1) is 11.8 Å². The van der Waals surface area contributed by atoms with Gasteiger partial charge in [0.1, 0.15) is 0 Å². The molecule has 0 radical (unpaired) electrons. The van der Waals surface area contributed by atoms with E-state index in [4.69, 9.17) is 0 Å². The van der Waals surface area contributed by atoms with E-state index in [0.29, 0.717) is 5.56 Å². The first kappa shape index (κ1) is 14.7. The number of carbonyl (C=O) groups excluding carboxylic acids is 1. The number of hydrogen-bond acceptors (Lipinski definition) is 3. The molecule has 0 fully saturated rings. The second-order valence-electron chi connectivity index (χ2n) is 5.06. The van der Waals surface area contributed by atoms with Gasteiger partial charge in [0.25, 0.3) is 5.91 Å². The quantitative estimate of drug-likeness (QED) is 0.595. The maximum absolute atomic E-state index is 11.9. The lowest BCUT2D eigenvalue weighted by atomic mass is 10.3. The van der Waals surface area contributed by atoms with Crippen molar-refractivity contribution in [3.8, 4) is 5.69 Å². The molecule has 3 aromatic rings. The van der Waals surface area contributed by atoms with Gasteiger partial charge >= 0.3 is 0 Å². The van der Waals surface area contributed by atoms with Gasteiger partial charge in [0.2, 0.25) is 0 Å². The molecule has 0 saturated carbocycles. The Morgan fingerprint density at radius 3 is 2.78 bits per heavy atom. The number of pyridine rings is 1. The number of hydrogen-bond donors (Lipinski definition) is 1. The minimum atomic E-state index is -0.284. The first-order chi connectivity index (χ1) is 11.2. The number of para-hydroxylation sites is 1. The third kappa shape index (κ3) is 3.52. The van der Waals surface area contributed by atoms with Crippen molar-refractivity contribution in [3.05, 3.63) is 83.9 Å². The number of rotatable bonds is 4. The van der Waals surface area contributed by atoms with E-state index in [2.05, 4.69) is 20.1 Å². The molecule has 0 bridgehead atoms. The third-order valence-electron chi connectivity index (χ3n) is 3.37. The van der Waals surface area contributed by atoms with E-state index in [0.717, 1.165) is 16.9 Å². The Labute approximate surface area is 134 Å². The lowest BCUT2D eigenvalue weighted by Crippen LogP contribution is -2.17. The minimum absolute atomic E-state index is 0.284. The average molecular weight is 304 g/mol. The first-order valence-electron chi connectivity index (χ1n) is 7.22. The van der Waals surface area contributed by atoms with Crippen LogP contribution in [0.2, 0.25) is 0 Å². The van der Waals surface area contributed by atoms with Crippen molar-refractivity contribution in [2.45, 2.75) is 6.92 Å². The number of carbonyl (C=O) groups is 1. The molecule has 23 heavy (non-hydrogen) atoms. The molecule has 1 N–H and O–H groups in total. The van der Waals surface area contributed by atoms with E-state index in [1.165, 1.54) is 6.20 Å². The normalized spacial score (nSPS) is 10.8. The topological polar surface area (TPSA) is 59.3 Å². The summed E-state index contributed by atoms with van der Waals surface area (Å²) in [5.41, 5.74) is 6.07. The van der Waals surface area contributed by atoms with Gasteiger partial charge in [-0.05, 0) is 37.3 Å². The second kappa shape index (κ2) is 6.70. The SMILES string of the molecule is Cc1cc(/C=N\NC(=O)c2cccnc2)cn1-c1ccccc1. The second-order valence-corrected chi connectivity index (χ2v) is 5.06. The molecule has 0 unspecified atom stereocenters. The highest BCUT2D eigenvalue weighted by Gasteiger charge is 2.04. The summed E-state index contributed by atoms with van der Waals surface area (Å²) in [7, 11) is 0. The van der Waals surface area contributed by atoms with Gasteiger partial charge in [0, 0.05) is 35.5 Å². The van der Waals surface area contributed by atoms with Crippen LogP contribution >= 0.6 is 0 Å². The molecule has 1 aromatic carbocycles. The fourth-order valence-corrected chi connectivity index (χ4v) is 2.26. The summed E-state index contributed by atoms with van der Waals surface area (Å²) in [5, 5.41) is 4.00. The summed E-state index contributed by atoms with van der Waals surface area (Å²) < 4.78 is 2.07. The average Bonchev–Trinajstić information content (AvgIpc) is 2.97. The third-order valence-corrected chi connectivity index (χ3v) is 3.37. The predicted molar refractivity (Wildman–Crippen MR) is 89.8 cm³/mol. The summed E-state index contributed by atoms with van der Waals surface area (Å²) in [5.74, 6) is -0.284. The predicted octanol–water partition coefficient (Wildman–Crippen LogP) is 2.94. The molecule has 0 atom stereocenters. The van der Waals surface area contributed by atoms with Crippen LogP contribution in [0.3, 0.4) is 0 Å². The molecular formula is C18H16N4O. The number of amides is 1. The van der Waals surface area contributed by atoms with Crippen molar-refractivity contribution >= 4 is 12.1 Å². The number of aromatic nitrogens is 2. The van der Waals surface area contributed by atoms with E-state index < -0.39 is 0 Å². The van der Waals surface area contributed by atoms with Gasteiger partial charge in [-0.25, -0.2) is 5.43 Å². The van der Waals surface area contributed by atoms with Crippen LogP contribution in [0.15, 0.2) is 72.2 Å². The summed E-state index contributed by atoms with van der Waals surface area (Å²) in [6.07, 6.45) is 6.72. The van der Waals surface area contributed by atoms with Crippen molar-refractivity contribution in [1.29, 1.82) is 0 Å². The van der Waals surface area contributed by atoms with Gasteiger partial charge in [-0.3, -0.25) is 9.78 Å². The Kier molecular flexibility index (Phi) is 4.29. The highest BCUT2D eigenvalue weighted by molar-refractivity contribution is 5.94. The Hall–Kier alpha value is -3.21. The largest absolute Gasteiger partial charge is 0.321 e. The summed E-state index contributed by atoms with van der Waals surface area (Å²) in [6, 6.07) is 15.5. The monoisotopic (exact) mass is 304 g/mol. The molecule has 2 heterocycles. The zero-order valence-electron chi connectivity index (χ0n) is 12.7. The van der Waals surface area contributed by atoms with Crippen LogP contribution in [0.25, 0.3) is 5.69 Å². The smallest absolute Gasteiger partial charge is 0.272 e. The van der Waals surface area contributed by atoms with E-state index in [1.54, 1.807) is 24.5 Å². The van der Waals surface area contributed by atoms with Crippen molar-refractivity contribution in [3.63, 3.8) is 0 Å². The van der Waals surface area contributed by atoms with E-state index in [-0.39, 0.29) is 5.91 Å². The summed E-state index contributed by atoms with van der Waals surface area (Å²) >= 11 is 0. The molecule has 114 valence electrons. The van der Waals surface area contributed by atoms with Gasteiger partial charge in [-0.2, -0.15) is 5.10 Å². The summed E-state index contributed by atoms with van der Waals surface area (Å²) in [6.45, 7) is 2.03. The molecule has 1 amide bonds. The Balaban J connectivity index is 1.70. The Morgan fingerprint density at radius 2 is 2.04 bits per heavy atom. The van der Waals surface area contributed by atoms with Crippen molar-refractivity contribution < 1.29 is 4.79 Å². The zero-order chi connectivity index (χ0) is 16.1. The van der Waals surface area contributed by atoms with Crippen molar-refractivity contribution in [1.82, 2.24) is 15.0 Å². The van der Waals surface area contributed by atoms with Crippen LogP contribution in [-0.2, 0) is 0 Å². The first-order valence-corrected chi connectivity index (χ1v) is 7.22. The highest BCUT2D eigenvalue weighted by Crippen LogP contribution is 2.13. The molecule has 5 nitrogen and oxygen atoms in total. The van der Waals surface area contributed by atoms with E-state index in [1.807, 2.05) is 49.5 Å². The maximum Gasteiger partial charge on any atom is 0.272 e. The van der Waals surface area contributed by atoms with Crippen LogP contribution < -0.4 is 5.43 Å². The lowest BCUT2D eigenvalue weighted by Gasteiger charge is -2.04. The van der Waals surface area contributed by atoms with Gasteiger partial charge in [0.15, 0.2) is 0 Å². The minimum Gasteiger partial charge on any atom is -0.321 e. The Morgan fingerprint density at radius 1 is 1.22 bits per heavy atom. The maximum atomic E-state index is 11.9. The number of nitrogens with one attached hydrogen (secondary N) is 1. The molecule has 3 rings (SSSR count). The number of benzene rings is 1. The van der Waals surface area contributed by atoms with E-state index in [9.17, 15) is 4.79 Å². The standard InChI is InChI=1S/C18H16N4O/c1-14-10-15(13-22(14)17-7-3-2-4-8-17)11-20-21-18(23)16-6-5-9-19-12-16/h2-13H,1H3,(H,21,23)/b20-11-. The van der Waals surface area contributed by atoms with Crippen LogP contribution in [0, 0.1) is 6.92 Å². The van der Waals surface area contributed by atoms with Crippen LogP contribution in [0.1, 0.15) is 21.6 Å². The molecule has 0 aliphatic heterocycles. The van der Waals surface area contributed by atoms with Gasteiger partial charge in [-0.1, -0.05) is 18.2 Å². The molecular weight excluding hydrogens is 288 g/mol. The number of nitrogens with zero attached hydrogens (tertiary/aromatic N) is 3. The van der Waals surface area contributed by atoms with Crippen LogP contribution in [0.5, 0.6) is 0 Å². The Bertz CT molecular complexity index is 823. The molecule has 0 aliphatic carbocycles. The van der Waals surface area contributed by atoms with Crippen LogP contribution in [0.4, 0.5) is 0 Å². The zero-order valence-corrected chi connectivity index (χ0v) is 12.7. The fourth-order valence-electron chi connectivity index (χ4n) is 2.26. The molecule has 0 aliphatic rings. The molecule has 0 spiro atoms. The van der Waals surface area contributed by atoms with Gasteiger partial charge in [-0.15, -0.1) is 0 Å². The molecule has 0 saturated heterocycles. The highest BCUT2D eigenvalue weighted by atomic mass is 16.2. The van der Waals surface area contributed by atoms with E-state index >= 15 is 0 Å².